The summed E-state index contributed by atoms with van der Waals surface area (Å²) in [5, 5.41) is 11.7. The summed E-state index contributed by atoms with van der Waals surface area (Å²) in [7, 11) is -3.52. The zero-order valence-electron chi connectivity index (χ0n) is 14.1. The number of amides is 1. The van der Waals surface area contributed by atoms with Crippen LogP contribution < -0.4 is 11.1 Å². The number of benzene rings is 1. The second-order valence-electron chi connectivity index (χ2n) is 6.17. The van der Waals surface area contributed by atoms with Gasteiger partial charge in [-0.2, -0.15) is 9.57 Å². The van der Waals surface area contributed by atoms with Gasteiger partial charge in [-0.15, -0.1) is 0 Å². The van der Waals surface area contributed by atoms with E-state index in [0.717, 1.165) is 19.3 Å². The molecule has 1 aliphatic heterocycles. The smallest absolute Gasteiger partial charge is 0.221 e. The summed E-state index contributed by atoms with van der Waals surface area (Å²) in [6, 6.07) is 8.42. The van der Waals surface area contributed by atoms with Crippen molar-refractivity contribution in [1.29, 1.82) is 5.26 Å². The lowest BCUT2D eigenvalue weighted by Gasteiger charge is -2.34. The van der Waals surface area contributed by atoms with Crippen molar-refractivity contribution < 1.29 is 13.2 Å². The van der Waals surface area contributed by atoms with E-state index in [2.05, 4.69) is 5.32 Å². The number of carbonyl (C=O) groups excluding carboxylic acids is 1. The van der Waals surface area contributed by atoms with Gasteiger partial charge in [-0.1, -0.05) is 18.6 Å². The molecule has 1 saturated heterocycles. The number of hydrogen-bond acceptors (Lipinski definition) is 5. The Balaban J connectivity index is 2.08. The third kappa shape index (κ3) is 5.53. The van der Waals surface area contributed by atoms with Gasteiger partial charge in [0.15, 0.2) is 0 Å². The van der Waals surface area contributed by atoms with Gasteiger partial charge >= 0.3 is 0 Å². The average molecular weight is 364 g/mol. The Kier molecular flexibility index (Phi) is 6.93. The minimum absolute atomic E-state index is 0.143. The maximum atomic E-state index is 12.8. The van der Waals surface area contributed by atoms with Crippen LogP contribution >= 0.6 is 0 Å². The van der Waals surface area contributed by atoms with Crippen molar-refractivity contribution in [2.45, 2.75) is 37.5 Å². The van der Waals surface area contributed by atoms with Gasteiger partial charge in [0.05, 0.1) is 17.4 Å². The van der Waals surface area contributed by atoms with Crippen LogP contribution in [-0.4, -0.2) is 44.3 Å². The monoisotopic (exact) mass is 364 g/mol. The van der Waals surface area contributed by atoms with Crippen LogP contribution in [0.4, 0.5) is 0 Å². The minimum Gasteiger partial charge on any atom is -0.354 e. The summed E-state index contributed by atoms with van der Waals surface area (Å²) >= 11 is 0. The summed E-state index contributed by atoms with van der Waals surface area (Å²) in [5.74, 6) is -0.303. The summed E-state index contributed by atoms with van der Waals surface area (Å²) < 4.78 is 27.2. The predicted molar refractivity (Wildman–Crippen MR) is 94.8 cm³/mol. The van der Waals surface area contributed by atoms with Crippen LogP contribution in [0.2, 0.25) is 0 Å². The Bertz CT molecular complexity index is 743. The molecule has 0 radical (unpaired) electrons. The molecule has 1 atom stereocenters. The Morgan fingerprint density at radius 2 is 2.20 bits per heavy atom. The molecule has 1 aromatic carbocycles. The van der Waals surface area contributed by atoms with Gasteiger partial charge in [-0.05, 0) is 30.5 Å². The number of carbonyl (C=O) groups is 1. The fraction of sp³-hybridized carbons (Fsp3) is 0.529. The highest BCUT2D eigenvalue weighted by Gasteiger charge is 2.32. The first-order chi connectivity index (χ1) is 12.0. The fourth-order valence-electron chi connectivity index (χ4n) is 3.02. The Morgan fingerprint density at radius 3 is 2.92 bits per heavy atom. The summed E-state index contributed by atoms with van der Waals surface area (Å²) in [6.07, 6.45) is 2.71. The molecule has 1 heterocycles. The molecule has 0 spiro atoms. The van der Waals surface area contributed by atoms with Crippen LogP contribution in [0, 0.1) is 11.3 Å². The maximum absolute atomic E-state index is 12.8. The molecule has 7 nitrogen and oxygen atoms in total. The van der Waals surface area contributed by atoms with E-state index in [1.165, 1.54) is 4.31 Å². The van der Waals surface area contributed by atoms with E-state index in [1.54, 1.807) is 24.3 Å². The van der Waals surface area contributed by atoms with Crippen molar-refractivity contribution in [3.8, 4) is 6.07 Å². The molecule has 1 aromatic rings. The van der Waals surface area contributed by atoms with Gasteiger partial charge in [-0.3, -0.25) is 4.79 Å². The van der Waals surface area contributed by atoms with E-state index in [1.807, 2.05) is 6.07 Å². The van der Waals surface area contributed by atoms with E-state index < -0.39 is 10.0 Å². The minimum atomic E-state index is -3.52. The summed E-state index contributed by atoms with van der Waals surface area (Å²) in [6.45, 7) is 1.03. The van der Waals surface area contributed by atoms with Gasteiger partial charge in [0.2, 0.25) is 15.9 Å². The van der Waals surface area contributed by atoms with Crippen LogP contribution in [0.1, 0.15) is 36.8 Å². The third-order valence-electron chi connectivity index (χ3n) is 4.24. The van der Waals surface area contributed by atoms with Crippen molar-refractivity contribution in [3.05, 3.63) is 35.4 Å². The molecule has 0 saturated carbocycles. The van der Waals surface area contributed by atoms with Gasteiger partial charge in [-0.25, -0.2) is 8.42 Å². The highest BCUT2D eigenvalue weighted by Crippen LogP contribution is 2.23. The maximum Gasteiger partial charge on any atom is 0.221 e. The molecular formula is C17H24N4O3S. The summed E-state index contributed by atoms with van der Waals surface area (Å²) in [5.41, 5.74) is 6.39. The van der Waals surface area contributed by atoms with E-state index in [9.17, 15) is 13.2 Å². The Morgan fingerprint density at radius 1 is 1.40 bits per heavy atom. The zero-order chi connectivity index (χ0) is 18.3. The Labute approximate surface area is 148 Å². The van der Waals surface area contributed by atoms with Crippen LogP contribution in [0.3, 0.4) is 0 Å². The molecule has 1 aliphatic rings. The number of nitriles is 1. The van der Waals surface area contributed by atoms with Crippen LogP contribution in [0.15, 0.2) is 24.3 Å². The number of sulfonamides is 1. The van der Waals surface area contributed by atoms with Crippen molar-refractivity contribution in [2.24, 2.45) is 5.73 Å². The topological polar surface area (TPSA) is 116 Å². The first-order valence-corrected chi connectivity index (χ1v) is 10.0. The molecule has 136 valence electrons. The standard InChI is InChI=1S/C17H24N4O3S/c18-8-7-17(22)20-12-16-6-1-2-9-21(16)25(23,24)13-15-5-3-4-14(10-15)11-19/h3-5,10,16H,1-2,6-9,12-13,18H2,(H,20,22). The number of rotatable bonds is 7. The molecule has 1 fully saturated rings. The van der Waals surface area contributed by atoms with E-state index in [4.69, 9.17) is 11.0 Å². The molecule has 8 heteroatoms. The van der Waals surface area contributed by atoms with E-state index >= 15 is 0 Å². The quantitative estimate of drug-likeness (QED) is 0.739. The van der Waals surface area contributed by atoms with Crippen LogP contribution in [0.25, 0.3) is 0 Å². The van der Waals surface area contributed by atoms with Gasteiger partial charge in [0, 0.05) is 32.1 Å². The first-order valence-electron chi connectivity index (χ1n) is 8.41. The highest BCUT2D eigenvalue weighted by atomic mass is 32.2. The average Bonchev–Trinajstić information content (AvgIpc) is 2.60. The first kappa shape index (κ1) is 19.4. The lowest BCUT2D eigenvalue weighted by molar-refractivity contribution is -0.121. The summed E-state index contributed by atoms with van der Waals surface area (Å²) in [4.78, 5) is 11.6. The molecule has 1 amide bonds. The van der Waals surface area contributed by atoms with Crippen molar-refractivity contribution >= 4 is 15.9 Å². The Hall–Kier alpha value is -1.95. The molecule has 0 aromatic heterocycles. The number of nitrogens with one attached hydrogen (secondary N) is 1. The number of hydrogen-bond donors (Lipinski definition) is 2. The molecule has 25 heavy (non-hydrogen) atoms. The SMILES string of the molecule is N#Cc1cccc(CS(=O)(=O)N2CCCCC2CNC(=O)CCN)c1. The van der Waals surface area contributed by atoms with Crippen molar-refractivity contribution in [2.75, 3.05) is 19.6 Å². The molecule has 1 unspecified atom stereocenters. The zero-order valence-corrected chi connectivity index (χ0v) is 15.0. The van der Waals surface area contributed by atoms with Crippen molar-refractivity contribution in [1.82, 2.24) is 9.62 Å². The molecular weight excluding hydrogens is 340 g/mol. The molecule has 0 bridgehead atoms. The second-order valence-corrected chi connectivity index (χ2v) is 8.09. The third-order valence-corrected chi connectivity index (χ3v) is 6.14. The van der Waals surface area contributed by atoms with Gasteiger partial charge in [0.1, 0.15) is 0 Å². The second kappa shape index (κ2) is 8.94. The fourth-order valence-corrected chi connectivity index (χ4v) is 4.83. The van der Waals surface area contributed by atoms with E-state index in [-0.39, 0.29) is 30.7 Å². The molecule has 2 rings (SSSR count). The predicted octanol–water partition coefficient (Wildman–Crippen LogP) is 0.708. The number of nitrogens with two attached hydrogens (primary N) is 1. The largest absolute Gasteiger partial charge is 0.354 e. The normalized spacial score (nSPS) is 18.5. The molecule has 0 aliphatic carbocycles. The van der Waals surface area contributed by atoms with Crippen molar-refractivity contribution in [3.63, 3.8) is 0 Å². The lowest BCUT2D eigenvalue weighted by Crippen LogP contribution is -2.49. The highest BCUT2D eigenvalue weighted by molar-refractivity contribution is 7.88. The number of piperidine rings is 1. The lowest BCUT2D eigenvalue weighted by atomic mass is 10.1. The van der Waals surface area contributed by atoms with Crippen LogP contribution in [-0.2, 0) is 20.6 Å². The van der Waals surface area contributed by atoms with Gasteiger partial charge < -0.3 is 11.1 Å². The number of nitrogens with zero attached hydrogens (tertiary/aromatic N) is 2. The molecule has 3 N–H and O–H groups in total. The van der Waals surface area contributed by atoms with Gasteiger partial charge in [0.25, 0.3) is 0 Å². The van der Waals surface area contributed by atoms with Crippen LogP contribution in [0.5, 0.6) is 0 Å². The van der Waals surface area contributed by atoms with E-state index in [0.29, 0.717) is 24.2 Å².